The van der Waals surface area contributed by atoms with Crippen molar-refractivity contribution < 1.29 is 23.9 Å². The number of esters is 1. The molecule has 0 saturated heterocycles. The zero-order valence-corrected chi connectivity index (χ0v) is 19.4. The van der Waals surface area contributed by atoms with Crippen molar-refractivity contribution in [2.75, 3.05) is 0 Å². The van der Waals surface area contributed by atoms with Gasteiger partial charge in [0.1, 0.15) is 11.6 Å². The summed E-state index contributed by atoms with van der Waals surface area (Å²) >= 11 is 0. The van der Waals surface area contributed by atoms with Gasteiger partial charge in [0.25, 0.3) is 0 Å². The first-order chi connectivity index (χ1) is 15.6. The topological polar surface area (TPSA) is 89.5 Å². The summed E-state index contributed by atoms with van der Waals surface area (Å²) in [6.07, 6.45) is 0.374. The Hall–Kier alpha value is -3.54. The van der Waals surface area contributed by atoms with Crippen LogP contribution in [0, 0.1) is 0 Å². The van der Waals surface area contributed by atoms with Crippen LogP contribution in [0.25, 0.3) is 0 Å². The molecule has 0 fully saturated rings. The Morgan fingerprint density at radius 1 is 0.909 bits per heavy atom. The molecule has 172 valence electrons. The minimum atomic E-state index is -0.862. The third kappa shape index (κ3) is 6.04. The number of carbonyl (C=O) groups is 4. The van der Waals surface area contributed by atoms with Crippen molar-refractivity contribution in [3.8, 4) is 0 Å². The number of hydrogen-bond donors (Lipinski definition) is 1. The number of amides is 1. The number of benzene rings is 2. The molecule has 0 spiro atoms. The van der Waals surface area contributed by atoms with Crippen molar-refractivity contribution in [1.29, 1.82) is 0 Å². The van der Waals surface area contributed by atoms with Crippen LogP contribution in [-0.2, 0) is 20.7 Å². The van der Waals surface area contributed by atoms with Gasteiger partial charge in [-0.05, 0) is 39.7 Å². The number of Topliss-reactive ketones (excluding diaryl/α,β-unsaturated/α-hetero) is 2. The molecule has 1 aliphatic rings. The number of rotatable bonds is 7. The second-order valence-corrected chi connectivity index (χ2v) is 9.15. The predicted molar refractivity (Wildman–Crippen MR) is 125 cm³/mol. The van der Waals surface area contributed by atoms with E-state index in [0.29, 0.717) is 22.3 Å². The van der Waals surface area contributed by atoms with Gasteiger partial charge in [0.2, 0.25) is 5.91 Å². The minimum absolute atomic E-state index is 0.0258. The highest BCUT2D eigenvalue weighted by molar-refractivity contribution is 6.26. The molecule has 6 heteroatoms. The quantitative estimate of drug-likeness (QED) is 0.642. The summed E-state index contributed by atoms with van der Waals surface area (Å²) in [4.78, 5) is 51.0. The van der Waals surface area contributed by atoms with E-state index in [4.69, 9.17) is 4.74 Å². The minimum Gasteiger partial charge on any atom is -0.458 e. The SMILES string of the molecule is CC1=C(CCC(=O)N[C@@H](Cc2ccccc2)C(=O)OC(C)(C)C)C(=O)c2ccccc2C1=O. The Morgan fingerprint density at radius 3 is 2.09 bits per heavy atom. The molecule has 6 nitrogen and oxygen atoms in total. The van der Waals surface area contributed by atoms with Crippen LogP contribution in [0.15, 0.2) is 65.7 Å². The van der Waals surface area contributed by atoms with Crippen LogP contribution >= 0.6 is 0 Å². The monoisotopic (exact) mass is 447 g/mol. The fourth-order valence-electron chi connectivity index (χ4n) is 3.77. The van der Waals surface area contributed by atoms with Gasteiger partial charge >= 0.3 is 5.97 Å². The van der Waals surface area contributed by atoms with Gasteiger partial charge in [0, 0.05) is 35.1 Å². The van der Waals surface area contributed by atoms with Crippen LogP contribution < -0.4 is 5.32 Å². The molecule has 0 aliphatic heterocycles. The summed E-state index contributed by atoms with van der Waals surface area (Å²) in [5, 5.41) is 2.76. The fraction of sp³-hybridized carbons (Fsp3) is 0.333. The van der Waals surface area contributed by atoms with Crippen molar-refractivity contribution in [2.24, 2.45) is 0 Å². The van der Waals surface area contributed by atoms with Gasteiger partial charge in [-0.2, -0.15) is 0 Å². The van der Waals surface area contributed by atoms with Crippen LogP contribution in [0.5, 0.6) is 0 Å². The van der Waals surface area contributed by atoms with Crippen molar-refractivity contribution in [1.82, 2.24) is 5.32 Å². The van der Waals surface area contributed by atoms with E-state index in [9.17, 15) is 19.2 Å². The van der Waals surface area contributed by atoms with E-state index >= 15 is 0 Å². The Bertz CT molecular complexity index is 1110. The number of ether oxygens (including phenoxy) is 1. The maximum Gasteiger partial charge on any atom is 0.329 e. The molecule has 0 heterocycles. The highest BCUT2D eigenvalue weighted by atomic mass is 16.6. The van der Waals surface area contributed by atoms with Gasteiger partial charge in [-0.3, -0.25) is 14.4 Å². The van der Waals surface area contributed by atoms with Crippen molar-refractivity contribution in [2.45, 2.75) is 58.6 Å². The second kappa shape index (κ2) is 9.94. The number of ketones is 2. The summed E-state index contributed by atoms with van der Waals surface area (Å²) in [6.45, 7) is 6.92. The third-order valence-electron chi connectivity index (χ3n) is 5.39. The number of fused-ring (bicyclic) bond motifs is 1. The van der Waals surface area contributed by atoms with Crippen LogP contribution in [0.4, 0.5) is 0 Å². The predicted octanol–water partition coefficient (Wildman–Crippen LogP) is 4.23. The van der Waals surface area contributed by atoms with Gasteiger partial charge in [-0.1, -0.05) is 54.6 Å². The van der Waals surface area contributed by atoms with Crippen molar-refractivity contribution in [3.63, 3.8) is 0 Å². The molecule has 0 saturated carbocycles. The molecule has 1 atom stereocenters. The van der Waals surface area contributed by atoms with Crippen LogP contribution in [0.2, 0.25) is 0 Å². The lowest BCUT2D eigenvalue weighted by atomic mass is 9.83. The van der Waals surface area contributed by atoms with E-state index in [2.05, 4.69) is 5.32 Å². The summed E-state index contributed by atoms with van der Waals surface area (Å²) in [5.74, 6) is -1.34. The van der Waals surface area contributed by atoms with E-state index in [-0.39, 0.29) is 36.7 Å². The number of nitrogens with one attached hydrogen (secondary N) is 1. The van der Waals surface area contributed by atoms with E-state index in [1.54, 1.807) is 52.0 Å². The van der Waals surface area contributed by atoms with Gasteiger partial charge in [-0.25, -0.2) is 4.79 Å². The molecule has 0 unspecified atom stereocenters. The zero-order chi connectivity index (χ0) is 24.2. The molecule has 3 rings (SSSR count). The lowest BCUT2D eigenvalue weighted by Crippen LogP contribution is -2.45. The van der Waals surface area contributed by atoms with E-state index in [1.165, 1.54) is 0 Å². The average Bonchev–Trinajstić information content (AvgIpc) is 2.76. The van der Waals surface area contributed by atoms with Gasteiger partial charge in [0.15, 0.2) is 11.6 Å². The smallest absolute Gasteiger partial charge is 0.329 e. The molecular formula is C27H29NO5. The molecule has 2 aromatic carbocycles. The molecule has 33 heavy (non-hydrogen) atoms. The zero-order valence-electron chi connectivity index (χ0n) is 19.4. The maximum atomic E-state index is 12.9. The van der Waals surface area contributed by atoms with E-state index in [1.807, 2.05) is 30.3 Å². The average molecular weight is 448 g/mol. The first kappa shape index (κ1) is 24.1. The Labute approximate surface area is 194 Å². The molecule has 0 bridgehead atoms. The summed E-state index contributed by atoms with van der Waals surface area (Å²) in [7, 11) is 0. The van der Waals surface area contributed by atoms with Crippen LogP contribution in [0.3, 0.4) is 0 Å². The molecule has 0 radical (unpaired) electrons. The standard InChI is InChI=1S/C27H29NO5/c1-17-19(25(31)21-13-9-8-12-20(21)24(17)30)14-15-23(29)28-22(26(32)33-27(2,3)4)16-18-10-6-5-7-11-18/h5-13,22H,14-16H2,1-4H3,(H,28,29)/t22-/m0/s1. The van der Waals surface area contributed by atoms with Gasteiger partial charge in [-0.15, -0.1) is 0 Å². The van der Waals surface area contributed by atoms with Gasteiger partial charge < -0.3 is 10.1 Å². The number of carbonyl (C=O) groups excluding carboxylic acids is 4. The van der Waals surface area contributed by atoms with Crippen molar-refractivity contribution >= 4 is 23.4 Å². The fourth-order valence-corrected chi connectivity index (χ4v) is 3.77. The summed E-state index contributed by atoms with van der Waals surface area (Å²) in [6, 6.07) is 15.2. The van der Waals surface area contributed by atoms with Gasteiger partial charge in [0.05, 0.1) is 0 Å². The first-order valence-electron chi connectivity index (χ1n) is 11.0. The molecule has 2 aromatic rings. The summed E-state index contributed by atoms with van der Waals surface area (Å²) < 4.78 is 5.49. The molecule has 0 aromatic heterocycles. The number of allylic oxidation sites excluding steroid dienone is 2. The molecule has 1 amide bonds. The number of hydrogen-bond acceptors (Lipinski definition) is 5. The Morgan fingerprint density at radius 2 is 1.48 bits per heavy atom. The first-order valence-corrected chi connectivity index (χ1v) is 11.0. The highest BCUT2D eigenvalue weighted by Gasteiger charge is 2.31. The van der Waals surface area contributed by atoms with E-state index < -0.39 is 17.6 Å². The molecule has 1 N–H and O–H groups in total. The van der Waals surface area contributed by atoms with Crippen molar-refractivity contribution in [3.05, 3.63) is 82.4 Å². The lowest BCUT2D eigenvalue weighted by Gasteiger charge is -2.25. The largest absolute Gasteiger partial charge is 0.458 e. The second-order valence-electron chi connectivity index (χ2n) is 9.15. The Kier molecular flexibility index (Phi) is 7.26. The normalized spacial score (nSPS) is 14.5. The highest BCUT2D eigenvalue weighted by Crippen LogP contribution is 2.28. The molecule has 1 aliphatic carbocycles. The third-order valence-corrected chi connectivity index (χ3v) is 5.39. The maximum absolute atomic E-state index is 12.9. The van der Waals surface area contributed by atoms with E-state index in [0.717, 1.165) is 5.56 Å². The van der Waals surface area contributed by atoms with Crippen LogP contribution in [0.1, 0.15) is 66.8 Å². The molecular weight excluding hydrogens is 418 g/mol. The Balaban J connectivity index is 1.71. The van der Waals surface area contributed by atoms with Crippen LogP contribution in [-0.4, -0.2) is 35.1 Å². The summed E-state index contributed by atoms with van der Waals surface area (Å²) in [5.41, 5.74) is 1.64. The lowest BCUT2D eigenvalue weighted by molar-refractivity contribution is -0.158.